The molecule has 3 rings (SSSR count). The molecule has 1 spiro atoms. The van der Waals surface area contributed by atoms with Crippen molar-refractivity contribution in [3.63, 3.8) is 0 Å². The van der Waals surface area contributed by atoms with Crippen molar-refractivity contribution in [3.8, 4) is 0 Å². The number of rotatable bonds is 11. The SMILES string of the molecule is C=CCN(C)C(=O)[C@@H]1[C@@H]2CC(C)C3(S2)C(C(=O)N(CC=C)CCCC)N([C@H](C)CO)C(=O)[C@H]13. The standard InChI is InChI=1S/C25H39N3O4S/c1-7-10-13-27(12-9-3)24(32)21-25-16(4)14-18(33-25)19(22(30)26(6)11-8-2)20(25)23(31)28(21)17(5)15-29/h8-9,16-21,29H,2-3,7,10-15H2,1,4-6H3/t16?,17-,18+,19-,20+,21?,25?/m1/s1. The van der Waals surface area contributed by atoms with Crippen LogP contribution in [-0.2, 0) is 14.4 Å². The zero-order valence-corrected chi connectivity index (χ0v) is 21.2. The van der Waals surface area contributed by atoms with E-state index in [1.807, 2.05) is 0 Å². The van der Waals surface area contributed by atoms with Crippen LogP contribution in [0.5, 0.6) is 0 Å². The van der Waals surface area contributed by atoms with E-state index in [1.165, 1.54) is 0 Å². The van der Waals surface area contributed by atoms with Gasteiger partial charge >= 0.3 is 0 Å². The molecule has 1 N–H and O–H groups in total. The molecule has 3 unspecified atom stereocenters. The number of likely N-dealkylation sites (tertiary alicyclic amines) is 1. The quantitative estimate of drug-likeness (QED) is 0.461. The van der Waals surface area contributed by atoms with Crippen molar-refractivity contribution in [3.05, 3.63) is 25.3 Å². The minimum Gasteiger partial charge on any atom is -0.394 e. The molecule has 3 amide bonds. The summed E-state index contributed by atoms with van der Waals surface area (Å²) in [6.45, 7) is 14.7. The van der Waals surface area contributed by atoms with Crippen LogP contribution >= 0.6 is 11.8 Å². The van der Waals surface area contributed by atoms with Crippen LogP contribution < -0.4 is 0 Å². The van der Waals surface area contributed by atoms with Gasteiger partial charge in [-0.15, -0.1) is 24.9 Å². The Kier molecular flexibility index (Phi) is 7.99. The zero-order chi connectivity index (χ0) is 24.5. The van der Waals surface area contributed by atoms with Gasteiger partial charge in [-0.1, -0.05) is 32.4 Å². The van der Waals surface area contributed by atoms with Crippen molar-refractivity contribution in [1.82, 2.24) is 14.7 Å². The van der Waals surface area contributed by atoms with E-state index in [9.17, 15) is 19.5 Å². The summed E-state index contributed by atoms with van der Waals surface area (Å²) in [7, 11) is 1.74. The van der Waals surface area contributed by atoms with Gasteiger partial charge in [-0.2, -0.15) is 0 Å². The van der Waals surface area contributed by atoms with Crippen LogP contribution in [0, 0.1) is 17.8 Å². The van der Waals surface area contributed by atoms with E-state index in [0.29, 0.717) is 19.6 Å². The van der Waals surface area contributed by atoms with E-state index >= 15 is 0 Å². The number of amides is 3. The number of carbonyl (C=O) groups excluding carboxylic acids is 3. The lowest BCUT2D eigenvalue weighted by Crippen LogP contribution is -2.59. The Bertz CT molecular complexity index is 805. The fraction of sp³-hybridized carbons (Fsp3) is 0.720. The molecule has 0 aliphatic carbocycles. The molecule has 0 saturated carbocycles. The molecule has 0 aromatic carbocycles. The van der Waals surface area contributed by atoms with Crippen molar-refractivity contribution in [2.45, 2.75) is 62.1 Å². The van der Waals surface area contributed by atoms with Crippen LogP contribution in [0.3, 0.4) is 0 Å². The first-order valence-corrected chi connectivity index (χ1v) is 12.9. The molecule has 33 heavy (non-hydrogen) atoms. The normalized spacial score (nSPS) is 33.1. The van der Waals surface area contributed by atoms with Gasteiger partial charge in [0.1, 0.15) is 6.04 Å². The first-order chi connectivity index (χ1) is 15.7. The van der Waals surface area contributed by atoms with Gasteiger partial charge in [0, 0.05) is 31.9 Å². The van der Waals surface area contributed by atoms with Gasteiger partial charge in [-0.3, -0.25) is 14.4 Å². The van der Waals surface area contributed by atoms with Gasteiger partial charge in [0.15, 0.2) is 0 Å². The average molecular weight is 478 g/mol. The third-order valence-corrected chi connectivity index (χ3v) is 9.74. The average Bonchev–Trinajstić information content (AvgIpc) is 3.39. The molecule has 184 valence electrons. The van der Waals surface area contributed by atoms with Gasteiger partial charge in [-0.25, -0.2) is 0 Å². The molecule has 7 nitrogen and oxygen atoms in total. The van der Waals surface area contributed by atoms with E-state index < -0.39 is 28.7 Å². The highest BCUT2D eigenvalue weighted by molar-refractivity contribution is 8.02. The number of hydrogen-bond donors (Lipinski definition) is 1. The lowest BCUT2D eigenvalue weighted by Gasteiger charge is -2.41. The largest absolute Gasteiger partial charge is 0.394 e. The Balaban J connectivity index is 2.08. The smallest absolute Gasteiger partial charge is 0.247 e. The van der Waals surface area contributed by atoms with Gasteiger partial charge in [-0.05, 0) is 25.7 Å². The van der Waals surface area contributed by atoms with Crippen molar-refractivity contribution in [2.24, 2.45) is 17.8 Å². The Morgan fingerprint density at radius 3 is 2.55 bits per heavy atom. The second kappa shape index (κ2) is 10.2. The minimum atomic E-state index is -0.693. The number of unbranched alkanes of at least 4 members (excludes halogenated alkanes) is 1. The number of likely N-dealkylation sites (N-methyl/N-ethyl adjacent to an activating group) is 1. The number of hydrogen-bond acceptors (Lipinski definition) is 5. The van der Waals surface area contributed by atoms with Crippen molar-refractivity contribution in [1.29, 1.82) is 0 Å². The second-order valence-electron chi connectivity index (χ2n) is 9.76. The fourth-order valence-corrected chi connectivity index (χ4v) is 8.49. The fourth-order valence-electron chi connectivity index (χ4n) is 6.09. The number of fused-ring (bicyclic) bond motifs is 1. The number of aliphatic hydroxyl groups is 1. The van der Waals surface area contributed by atoms with Gasteiger partial charge in [0.2, 0.25) is 17.7 Å². The summed E-state index contributed by atoms with van der Waals surface area (Å²) in [5.41, 5.74) is 0. The highest BCUT2D eigenvalue weighted by Crippen LogP contribution is 2.69. The monoisotopic (exact) mass is 477 g/mol. The third kappa shape index (κ3) is 4.03. The van der Waals surface area contributed by atoms with E-state index in [4.69, 9.17) is 0 Å². The summed E-state index contributed by atoms with van der Waals surface area (Å²) in [5.74, 6) is -1.23. The lowest BCUT2D eigenvalue weighted by molar-refractivity contribution is -0.146. The molecule has 3 heterocycles. The topological polar surface area (TPSA) is 81.2 Å². The maximum atomic E-state index is 14.1. The number of aliphatic hydroxyl groups excluding tert-OH is 1. The summed E-state index contributed by atoms with van der Waals surface area (Å²) in [6, 6.07) is -1.20. The molecule has 3 aliphatic heterocycles. The molecule has 3 saturated heterocycles. The lowest BCUT2D eigenvalue weighted by atomic mass is 9.65. The Hall–Kier alpha value is -1.80. The molecule has 0 aromatic rings. The Morgan fingerprint density at radius 2 is 1.97 bits per heavy atom. The maximum absolute atomic E-state index is 14.1. The van der Waals surface area contributed by atoms with Crippen LogP contribution in [0.15, 0.2) is 25.3 Å². The van der Waals surface area contributed by atoms with Crippen molar-refractivity contribution in [2.75, 3.05) is 33.3 Å². The predicted octanol–water partition coefficient (Wildman–Crippen LogP) is 2.16. The molecule has 3 fully saturated rings. The van der Waals surface area contributed by atoms with Crippen LogP contribution in [0.1, 0.15) is 40.0 Å². The summed E-state index contributed by atoms with van der Waals surface area (Å²) < 4.78 is -0.663. The molecule has 7 atom stereocenters. The van der Waals surface area contributed by atoms with E-state index in [2.05, 4.69) is 27.0 Å². The summed E-state index contributed by atoms with van der Waals surface area (Å²) in [4.78, 5) is 46.5. The minimum absolute atomic E-state index is 0.0131. The Labute approximate surface area is 202 Å². The Morgan fingerprint density at radius 1 is 1.30 bits per heavy atom. The number of thioether (sulfide) groups is 1. The van der Waals surface area contributed by atoms with Gasteiger partial charge in [0.25, 0.3) is 0 Å². The van der Waals surface area contributed by atoms with E-state index in [0.717, 1.165) is 19.3 Å². The molecular formula is C25H39N3O4S. The summed E-state index contributed by atoms with van der Waals surface area (Å²) >= 11 is 1.67. The van der Waals surface area contributed by atoms with Crippen LogP contribution in [0.25, 0.3) is 0 Å². The van der Waals surface area contributed by atoms with Gasteiger partial charge in [0.05, 0.1) is 29.2 Å². The maximum Gasteiger partial charge on any atom is 0.247 e. The molecule has 2 bridgehead atoms. The van der Waals surface area contributed by atoms with E-state index in [1.54, 1.807) is 52.6 Å². The van der Waals surface area contributed by atoms with Gasteiger partial charge < -0.3 is 19.8 Å². The number of carbonyl (C=O) groups is 3. The van der Waals surface area contributed by atoms with Crippen molar-refractivity contribution >= 4 is 29.5 Å². The summed E-state index contributed by atoms with van der Waals surface area (Å²) in [5, 5.41) is 10.0. The highest BCUT2D eigenvalue weighted by atomic mass is 32.2. The zero-order valence-electron chi connectivity index (χ0n) is 20.4. The van der Waals surface area contributed by atoms with Crippen LogP contribution in [-0.4, -0.2) is 92.9 Å². The molecule has 0 aromatic heterocycles. The molecule has 3 aliphatic rings. The summed E-state index contributed by atoms with van der Waals surface area (Å²) in [6.07, 6.45) is 6.02. The first-order valence-electron chi connectivity index (χ1n) is 12.1. The van der Waals surface area contributed by atoms with Crippen LogP contribution in [0.2, 0.25) is 0 Å². The van der Waals surface area contributed by atoms with E-state index in [-0.39, 0.29) is 35.5 Å². The molecular weight excluding hydrogens is 438 g/mol. The van der Waals surface area contributed by atoms with Crippen molar-refractivity contribution < 1.29 is 19.5 Å². The third-order valence-electron chi connectivity index (χ3n) is 7.66. The van der Waals surface area contributed by atoms with Crippen LogP contribution in [0.4, 0.5) is 0 Å². The first kappa shape index (κ1) is 25.8. The number of nitrogens with zero attached hydrogens (tertiary/aromatic N) is 3. The highest BCUT2D eigenvalue weighted by Gasteiger charge is 2.76. The molecule has 8 heteroatoms. The second-order valence-corrected chi connectivity index (χ2v) is 11.3. The predicted molar refractivity (Wildman–Crippen MR) is 132 cm³/mol. The molecule has 0 radical (unpaired) electrons.